The maximum atomic E-state index is 15.1. The number of carbonyl (C=O) groups is 1. The predicted octanol–water partition coefficient (Wildman–Crippen LogP) is 3.50. The van der Waals surface area contributed by atoms with Gasteiger partial charge in [-0.25, -0.2) is 14.2 Å². The smallest absolute Gasteiger partial charge is 0.422 e. The summed E-state index contributed by atoms with van der Waals surface area (Å²) in [5.74, 6) is -2.19. The minimum atomic E-state index is -5.11. The van der Waals surface area contributed by atoms with Crippen LogP contribution in [0.5, 0.6) is 0 Å². The molecule has 0 spiro atoms. The van der Waals surface area contributed by atoms with Gasteiger partial charge < -0.3 is 14.8 Å². The molecule has 11 heteroatoms. The Morgan fingerprint density at radius 2 is 1.94 bits per heavy atom. The van der Waals surface area contributed by atoms with E-state index in [0.29, 0.717) is 26.3 Å². The van der Waals surface area contributed by atoms with Crippen LogP contribution in [0.15, 0.2) is 71.0 Å². The van der Waals surface area contributed by atoms with Crippen LogP contribution in [0.3, 0.4) is 0 Å². The molecule has 1 fully saturated rings. The van der Waals surface area contributed by atoms with Crippen molar-refractivity contribution in [1.29, 1.82) is 0 Å². The van der Waals surface area contributed by atoms with Crippen molar-refractivity contribution in [3.63, 3.8) is 0 Å². The first-order valence-electron chi connectivity index (χ1n) is 10.9. The van der Waals surface area contributed by atoms with Crippen molar-refractivity contribution in [3.8, 4) is 0 Å². The summed E-state index contributed by atoms with van der Waals surface area (Å²) in [6.45, 7) is 10.0. The SMILES string of the molecule is C=CN=C(C=C)C1=NC(c2ccc(F)cc2)(C(F)(F)F)C(C(=O)OCC)=C(CN2CCOCC2)N1. The second kappa shape index (κ2) is 11.0. The number of rotatable bonds is 8. The lowest BCUT2D eigenvalue weighted by Gasteiger charge is -2.40. The van der Waals surface area contributed by atoms with Gasteiger partial charge in [0.25, 0.3) is 0 Å². The fourth-order valence-corrected chi connectivity index (χ4v) is 3.95. The molecule has 0 amide bonds. The number of nitrogens with zero attached hydrogens (tertiary/aromatic N) is 3. The molecule has 1 saturated heterocycles. The van der Waals surface area contributed by atoms with Gasteiger partial charge in [-0.2, -0.15) is 13.2 Å². The molecule has 0 aliphatic carbocycles. The van der Waals surface area contributed by atoms with E-state index in [4.69, 9.17) is 9.47 Å². The van der Waals surface area contributed by atoms with E-state index in [1.54, 1.807) is 0 Å². The molecule has 0 bridgehead atoms. The zero-order valence-corrected chi connectivity index (χ0v) is 19.2. The van der Waals surface area contributed by atoms with Gasteiger partial charge in [-0.1, -0.05) is 25.3 Å². The number of morpholine rings is 1. The fraction of sp³-hybridized carbons (Fsp3) is 0.375. The highest BCUT2D eigenvalue weighted by Gasteiger charge is 2.63. The number of amidine groups is 1. The molecule has 1 atom stereocenters. The molecule has 2 aliphatic rings. The zero-order valence-electron chi connectivity index (χ0n) is 19.2. The summed E-state index contributed by atoms with van der Waals surface area (Å²) >= 11 is 0. The van der Waals surface area contributed by atoms with Gasteiger partial charge in [0.1, 0.15) is 11.5 Å². The van der Waals surface area contributed by atoms with Crippen LogP contribution in [-0.4, -0.2) is 68.0 Å². The Morgan fingerprint density at radius 1 is 1.29 bits per heavy atom. The van der Waals surface area contributed by atoms with Crippen LogP contribution in [0.1, 0.15) is 12.5 Å². The molecule has 2 aliphatic heterocycles. The van der Waals surface area contributed by atoms with E-state index in [-0.39, 0.29) is 30.4 Å². The van der Waals surface area contributed by atoms with Crippen LogP contribution in [0.2, 0.25) is 0 Å². The van der Waals surface area contributed by atoms with Gasteiger partial charge in [0, 0.05) is 31.5 Å². The van der Waals surface area contributed by atoms with Gasteiger partial charge in [0.15, 0.2) is 5.84 Å². The Hall–Kier alpha value is -3.31. The van der Waals surface area contributed by atoms with Crippen LogP contribution in [0.4, 0.5) is 17.6 Å². The second-order valence-corrected chi connectivity index (χ2v) is 7.66. The molecular formula is C24H26F4N4O3. The van der Waals surface area contributed by atoms with E-state index in [2.05, 4.69) is 28.5 Å². The van der Waals surface area contributed by atoms with Gasteiger partial charge in [0.2, 0.25) is 5.54 Å². The van der Waals surface area contributed by atoms with Crippen molar-refractivity contribution in [2.75, 3.05) is 39.5 Å². The van der Waals surface area contributed by atoms with E-state index < -0.39 is 34.6 Å². The lowest BCUT2D eigenvalue weighted by Crippen LogP contribution is -2.54. The Labute approximate surface area is 200 Å². The minimum Gasteiger partial charge on any atom is -0.462 e. The van der Waals surface area contributed by atoms with Crippen LogP contribution < -0.4 is 5.32 Å². The monoisotopic (exact) mass is 494 g/mol. The Morgan fingerprint density at radius 3 is 2.49 bits per heavy atom. The standard InChI is InChI=1S/C24H26F4N4O3/c1-4-18(29-5-2)21-30-19(15-32-11-13-34-14-12-32)20(22(33)35-6-3)23(31-21,24(26,27)28)16-7-9-17(25)10-8-16/h4-5,7-10H,1-2,6,11-15H2,3H3,(H,30,31). The molecule has 1 aromatic rings. The molecular weight excluding hydrogens is 468 g/mol. The summed E-state index contributed by atoms with van der Waals surface area (Å²) in [5.41, 5.74) is -4.44. The topological polar surface area (TPSA) is 75.5 Å². The van der Waals surface area contributed by atoms with Crippen LogP contribution >= 0.6 is 0 Å². The number of carbonyl (C=O) groups excluding carboxylic acids is 1. The molecule has 3 rings (SSSR count). The average Bonchev–Trinajstić information content (AvgIpc) is 2.82. The van der Waals surface area contributed by atoms with Gasteiger partial charge in [-0.05, 0) is 30.7 Å². The molecule has 2 heterocycles. The number of nitrogens with one attached hydrogen (secondary N) is 1. The van der Waals surface area contributed by atoms with Crippen LogP contribution in [-0.2, 0) is 19.8 Å². The van der Waals surface area contributed by atoms with Gasteiger partial charge in [-0.3, -0.25) is 9.89 Å². The number of benzene rings is 1. The fourth-order valence-electron chi connectivity index (χ4n) is 3.95. The predicted molar refractivity (Wildman–Crippen MR) is 123 cm³/mol. The van der Waals surface area contributed by atoms with Gasteiger partial charge in [0.05, 0.1) is 25.4 Å². The lowest BCUT2D eigenvalue weighted by atomic mass is 9.79. The van der Waals surface area contributed by atoms with Crippen molar-refractivity contribution < 1.29 is 31.8 Å². The summed E-state index contributed by atoms with van der Waals surface area (Å²) in [6.07, 6.45) is -2.75. The van der Waals surface area contributed by atoms with Crippen LogP contribution in [0, 0.1) is 5.82 Å². The second-order valence-electron chi connectivity index (χ2n) is 7.66. The lowest BCUT2D eigenvalue weighted by molar-refractivity contribution is -0.183. The third-order valence-electron chi connectivity index (χ3n) is 5.52. The quantitative estimate of drug-likeness (QED) is 0.340. The first-order valence-corrected chi connectivity index (χ1v) is 10.9. The molecule has 35 heavy (non-hydrogen) atoms. The molecule has 188 valence electrons. The third kappa shape index (κ3) is 5.35. The first kappa shape index (κ1) is 26.3. The number of hydrogen-bond acceptors (Lipinski definition) is 7. The van der Waals surface area contributed by atoms with Gasteiger partial charge >= 0.3 is 12.1 Å². The number of ether oxygens (including phenoxy) is 2. The average molecular weight is 494 g/mol. The minimum absolute atomic E-state index is 0.0156. The van der Waals surface area contributed by atoms with E-state index >= 15 is 13.2 Å². The number of hydrogen-bond donors (Lipinski definition) is 1. The molecule has 1 aromatic carbocycles. The van der Waals surface area contributed by atoms with E-state index in [9.17, 15) is 9.18 Å². The maximum Gasteiger partial charge on any atom is 0.422 e. The van der Waals surface area contributed by atoms with E-state index in [1.165, 1.54) is 13.0 Å². The highest BCUT2D eigenvalue weighted by atomic mass is 19.4. The summed E-state index contributed by atoms with van der Waals surface area (Å²) < 4.78 is 69.5. The molecule has 0 aromatic heterocycles. The van der Waals surface area contributed by atoms with Crippen molar-refractivity contribution in [2.45, 2.75) is 18.6 Å². The molecule has 0 saturated carbocycles. The van der Waals surface area contributed by atoms with Crippen molar-refractivity contribution in [3.05, 3.63) is 72.4 Å². The summed E-state index contributed by atoms with van der Waals surface area (Å²) in [6, 6.07) is 3.69. The largest absolute Gasteiger partial charge is 0.462 e. The number of esters is 1. The summed E-state index contributed by atoms with van der Waals surface area (Å²) in [7, 11) is 0. The first-order chi connectivity index (χ1) is 16.7. The molecule has 0 radical (unpaired) electrons. The van der Waals surface area contributed by atoms with E-state index in [1.807, 2.05) is 4.90 Å². The molecule has 7 nitrogen and oxygen atoms in total. The Bertz CT molecular complexity index is 1060. The summed E-state index contributed by atoms with van der Waals surface area (Å²) in [4.78, 5) is 23.0. The normalized spacial score (nSPS) is 21.7. The van der Waals surface area contributed by atoms with Crippen molar-refractivity contribution >= 4 is 17.5 Å². The van der Waals surface area contributed by atoms with Crippen molar-refractivity contribution in [1.82, 2.24) is 10.2 Å². The molecule has 1 unspecified atom stereocenters. The Kier molecular flexibility index (Phi) is 8.23. The van der Waals surface area contributed by atoms with E-state index in [0.717, 1.165) is 30.5 Å². The van der Waals surface area contributed by atoms with Crippen molar-refractivity contribution in [2.24, 2.45) is 9.98 Å². The van der Waals surface area contributed by atoms with Gasteiger partial charge in [-0.15, -0.1) is 0 Å². The Balaban J connectivity index is 2.36. The van der Waals surface area contributed by atoms with Crippen LogP contribution in [0.25, 0.3) is 0 Å². The number of alkyl halides is 3. The third-order valence-corrected chi connectivity index (χ3v) is 5.52. The number of halogens is 4. The summed E-state index contributed by atoms with van der Waals surface area (Å²) in [5, 5.41) is 2.86. The zero-order chi connectivity index (χ0) is 25.6. The highest BCUT2D eigenvalue weighted by molar-refractivity contribution is 6.46. The maximum absolute atomic E-state index is 15.1. The number of aliphatic imine (C=N–C) groups is 2. The molecule has 1 N–H and O–H groups in total. The highest BCUT2D eigenvalue weighted by Crippen LogP contribution is 2.50.